The average Bonchev–Trinajstić information content (AvgIpc) is 2.38. The Morgan fingerprint density at radius 1 is 1.32 bits per heavy atom. The normalized spacial score (nSPS) is 20.3. The number of aromatic hydroxyl groups is 1. The van der Waals surface area contributed by atoms with E-state index in [0.717, 1.165) is 0 Å². The summed E-state index contributed by atoms with van der Waals surface area (Å²) in [5.41, 5.74) is 0.369. The summed E-state index contributed by atoms with van der Waals surface area (Å²) < 4.78 is 0. The van der Waals surface area contributed by atoms with Gasteiger partial charge in [0.05, 0.1) is 0 Å². The summed E-state index contributed by atoms with van der Waals surface area (Å²) in [6.45, 7) is 1.15. The second-order valence-corrected chi connectivity index (χ2v) is 4.64. The molecule has 1 atom stereocenters. The largest absolute Gasteiger partial charge is 0.508 e. The van der Waals surface area contributed by atoms with Gasteiger partial charge in [-0.05, 0) is 25.2 Å². The summed E-state index contributed by atoms with van der Waals surface area (Å²) in [5, 5.41) is 18.5. The maximum Gasteiger partial charge on any atom is 0.322 e. The minimum absolute atomic E-state index is 0.0229. The van der Waals surface area contributed by atoms with Crippen LogP contribution < -0.4 is 0 Å². The molecule has 1 saturated heterocycles. The number of carbonyl (C=O) groups excluding carboxylic acids is 1. The number of phenols is 1. The number of carboxylic acids is 1. The van der Waals surface area contributed by atoms with E-state index in [-0.39, 0.29) is 18.2 Å². The van der Waals surface area contributed by atoms with Crippen LogP contribution in [0.5, 0.6) is 5.75 Å². The van der Waals surface area contributed by atoms with E-state index in [1.54, 1.807) is 24.1 Å². The van der Waals surface area contributed by atoms with Crippen molar-refractivity contribution in [3.8, 4) is 5.75 Å². The average molecular weight is 264 g/mol. The molecule has 0 unspecified atom stereocenters. The fourth-order valence-electron chi connectivity index (χ4n) is 2.15. The van der Waals surface area contributed by atoms with Crippen molar-refractivity contribution in [3.05, 3.63) is 29.8 Å². The number of nitrogens with zero attached hydrogens (tertiary/aromatic N) is 2. The molecule has 0 saturated carbocycles. The number of amides is 1. The minimum Gasteiger partial charge on any atom is -0.508 e. The van der Waals surface area contributed by atoms with E-state index in [2.05, 4.69) is 0 Å². The molecule has 0 spiro atoms. The van der Waals surface area contributed by atoms with Crippen LogP contribution in [0.1, 0.15) is 10.4 Å². The van der Waals surface area contributed by atoms with Gasteiger partial charge in [0.15, 0.2) is 0 Å². The first-order chi connectivity index (χ1) is 8.99. The molecule has 0 radical (unpaired) electrons. The van der Waals surface area contributed by atoms with E-state index in [4.69, 9.17) is 5.11 Å². The summed E-state index contributed by atoms with van der Waals surface area (Å²) in [7, 11) is 1.73. The zero-order valence-corrected chi connectivity index (χ0v) is 10.6. The second-order valence-electron chi connectivity index (χ2n) is 4.64. The molecule has 0 bridgehead atoms. The van der Waals surface area contributed by atoms with Crippen molar-refractivity contribution >= 4 is 11.9 Å². The molecule has 1 aromatic carbocycles. The molecule has 0 aromatic heterocycles. The van der Waals surface area contributed by atoms with Crippen LogP contribution in [0.25, 0.3) is 0 Å². The number of hydrogen-bond acceptors (Lipinski definition) is 4. The molecule has 2 N–H and O–H groups in total. The van der Waals surface area contributed by atoms with Gasteiger partial charge >= 0.3 is 5.97 Å². The van der Waals surface area contributed by atoms with Crippen molar-refractivity contribution in [2.75, 3.05) is 26.7 Å². The molecule has 6 heteroatoms. The Labute approximate surface area is 110 Å². The summed E-state index contributed by atoms with van der Waals surface area (Å²) in [4.78, 5) is 26.6. The van der Waals surface area contributed by atoms with Crippen LogP contribution in [0.4, 0.5) is 0 Å². The first kappa shape index (κ1) is 13.4. The molecule has 1 aromatic rings. The van der Waals surface area contributed by atoms with E-state index in [1.807, 2.05) is 0 Å². The summed E-state index contributed by atoms with van der Waals surface area (Å²) in [6.07, 6.45) is 0. The smallest absolute Gasteiger partial charge is 0.322 e. The maximum absolute atomic E-state index is 12.2. The van der Waals surface area contributed by atoms with Crippen LogP contribution in [0, 0.1) is 0 Å². The van der Waals surface area contributed by atoms with Gasteiger partial charge in [-0.1, -0.05) is 6.07 Å². The number of rotatable bonds is 2. The molecule has 1 fully saturated rings. The third-order valence-corrected chi connectivity index (χ3v) is 3.31. The molecular weight excluding hydrogens is 248 g/mol. The van der Waals surface area contributed by atoms with Crippen LogP contribution in [0.2, 0.25) is 0 Å². The number of aliphatic carboxylic acids is 1. The highest BCUT2D eigenvalue weighted by molar-refractivity contribution is 5.95. The Balaban J connectivity index is 2.14. The van der Waals surface area contributed by atoms with Crippen LogP contribution in [0.3, 0.4) is 0 Å². The quantitative estimate of drug-likeness (QED) is 0.799. The van der Waals surface area contributed by atoms with Crippen molar-refractivity contribution in [2.45, 2.75) is 6.04 Å². The van der Waals surface area contributed by atoms with Crippen LogP contribution in [-0.2, 0) is 4.79 Å². The Morgan fingerprint density at radius 2 is 2.05 bits per heavy atom. The Bertz CT molecular complexity index is 503. The zero-order chi connectivity index (χ0) is 14.0. The van der Waals surface area contributed by atoms with Crippen molar-refractivity contribution in [2.24, 2.45) is 0 Å². The first-order valence-electron chi connectivity index (χ1n) is 6.00. The summed E-state index contributed by atoms with van der Waals surface area (Å²) in [6, 6.07) is 5.38. The van der Waals surface area contributed by atoms with Crippen LogP contribution in [0.15, 0.2) is 24.3 Å². The lowest BCUT2D eigenvalue weighted by Gasteiger charge is -2.37. The Hall–Kier alpha value is -2.08. The highest BCUT2D eigenvalue weighted by Crippen LogP contribution is 2.16. The molecule has 1 heterocycles. The van der Waals surface area contributed by atoms with Gasteiger partial charge < -0.3 is 15.1 Å². The first-order valence-corrected chi connectivity index (χ1v) is 6.00. The van der Waals surface area contributed by atoms with Gasteiger partial charge in [0.25, 0.3) is 5.91 Å². The standard InChI is InChI=1S/C13H16N2O4/c1-14-5-6-15(8-11(14)13(18)19)12(17)9-3-2-4-10(16)7-9/h2-4,7,11,16H,5-6,8H2,1H3,(H,18,19)/t11-/m1/s1. The highest BCUT2D eigenvalue weighted by atomic mass is 16.4. The summed E-state index contributed by atoms with van der Waals surface area (Å²) in [5.74, 6) is -1.17. The number of carboxylic acid groups (broad SMARTS) is 1. The SMILES string of the molecule is CN1CCN(C(=O)c2cccc(O)c2)C[C@@H]1C(=O)O. The van der Waals surface area contributed by atoms with Gasteiger partial charge in [-0.3, -0.25) is 14.5 Å². The van der Waals surface area contributed by atoms with Crippen LogP contribution in [-0.4, -0.2) is 64.6 Å². The molecule has 102 valence electrons. The zero-order valence-electron chi connectivity index (χ0n) is 10.6. The number of hydrogen-bond donors (Lipinski definition) is 2. The van der Waals surface area contributed by atoms with E-state index in [1.165, 1.54) is 17.0 Å². The van der Waals surface area contributed by atoms with Gasteiger partial charge in [0, 0.05) is 25.2 Å². The van der Waals surface area contributed by atoms with E-state index in [0.29, 0.717) is 18.7 Å². The Kier molecular flexibility index (Phi) is 3.71. The molecule has 6 nitrogen and oxygen atoms in total. The van der Waals surface area contributed by atoms with Gasteiger partial charge in [-0.25, -0.2) is 0 Å². The number of carbonyl (C=O) groups is 2. The monoisotopic (exact) mass is 264 g/mol. The number of phenolic OH excluding ortho intramolecular Hbond substituents is 1. The van der Waals surface area contributed by atoms with Gasteiger partial charge in [-0.15, -0.1) is 0 Å². The topological polar surface area (TPSA) is 81.1 Å². The van der Waals surface area contributed by atoms with Gasteiger partial charge in [-0.2, -0.15) is 0 Å². The molecule has 1 aliphatic rings. The molecule has 0 aliphatic carbocycles. The van der Waals surface area contributed by atoms with Crippen molar-refractivity contribution in [1.82, 2.24) is 9.80 Å². The molecule has 19 heavy (non-hydrogen) atoms. The number of benzene rings is 1. The fraction of sp³-hybridized carbons (Fsp3) is 0.385. The third-order valence-electron chi connectivity index (χ3n) is 3.31. The maximum atomic E-state index is 12.2. The third kappa shape index (κ3) is 2.85. The fourth-order valence-corrected chi connectivity index (χ4v) is 2.15. The van der Waals surface area contributed by atoms with Crippen molar-refractivity contribution in [3.63, 3.8) is 0 Å². The summed E-state index contributed by atoms with van der Waals surface area (Å²) >= 11 is 0. The van der Waals surface area contributed by atoms with Gasteiger partial charge in [0.1, 0.15) is 11.8 Å². The second kappa shape index (κ2) is 5.27. The van der Waals surface area contributed by atoms with E-state index >= 15 is 0 Å². The molecular formula is C13H16N2O4. The van der Waals surface area contributed by atoms with Crippen molar-refractivity contribution in [1.29, 1.82) is 0 Å². The van der Waals surface area contributed by atoms with Crippen LogP contribution >= 0.6 is 0 Å². The molecule has 1 aliphatic heterocycles. The lowest BCUT2D eigenvalue weighted by Crippen LogP contribution is -2.56. The van der Waals surface area contributed by atoms with Crippen molar-refractivity contribution < 1.29 is 19.8 Å². The lowest BCUT2D eigenvalue weighted by atomic mass is 10.1. The van der Waals surface area contributed by atoms with E-state index < -0.39 is 12.0 Å². The predicted molar refractivity (Wildman–Crippen MR) is 68.1 cm³/mol. The number of piperazine rings is 1. The predicted octanol–water partition coefficient (Wildman–Crippen LogP) is 0.233. The number of likely N-dealkylation sites (N-methyl/N-ethyl adjacent to an activating group) is 1. The molecule has 2 rings (SSSR count). The highest BCUT2D eigenvalue weighted by Gasteiger charge is 2.32. The molecule has 1 amide bonds. The van der Waals surface area contributed by atoms with E-state index in [9.17, 15) is 14.7 Å². The van der Waals surface area contributed by atoms with Gasteiger partial charge in [0.2, 0.25) is 0 Å². The lowest BCUT2D eigenvalue weighted by molar-refractivity contribution is -0.144. The Morgan fingerprint density at radius 3 is 2.68 bits per heavy atom. The minimum atomic E-state index is -0.934.